The maximum atomic E-state index is 11.8. The van der Waals surface area contributed by atoms with Crippen molar-refractivity contribution in [2.45, 2.75) is 20.3 Å². The molecule has 24 heavy (non-hydrogen) atoms. The molecule has 0 bridgehead atoms. The van der Waals surface area contributed by atoms with Gasteiger partial charge in [0.05, 0.1) is 24.7 Å². The number of ether oxygens (including phenoxy) is 2. The third-order valence-electron chi connectivity index (χ3n) is 3.30. The van der Waals surface area contributed by atoms with E-state index in [0.717, 1.165) is 0 Å². The first-order valence-electron chi connectivity index (χ1n) is 7.57. The van der Waals surface area contributed by atoms with Crippen molar-refractivity contribution in [3.05, 3.63) is 23.8 Å². The van der Waals surface area contributed by atoms with Gasteiger partial charge >= 0.3 is 5.97 Å². The van der Waals surface area contributed by atoms with E-state index in [2.05, 4.69) is 5.32 Å². The minimum Gasteiger partial charge on any atom is -0.493 e. The van der Waals surface area contributed by atoms with Crippen LogP contribution in [0.25, 0.3) is 0 Å². The molecular formula is C17H22N2O5. The van der Waals surface area contributed by atoms with Gasteiger partial charge in [0.15, 0.2) is 18.1 Å². The van der Waals surface area contributed by atoms with Gasteiger partial charge in [-0.05, 0) is 24.5 Å². The second kappa shape index (κ2) is 9.40. The Hall–Kier alpha value is -2.75. The number of carbonyl (C=O) groups is 2. The summed E-state index contributed by atoms with van der Waals surface area (Å²) in [5.74, 6) is -1.07. The minimum absolute atomic E-state index is 0.0558. The summed E-state index contributed by atoms with van der Waals surface area (Å²) in [7, 11) is 1.44. The Balaban J connectivity index is 2.54. The molecule has 0 spiro atoms. The fourth-order valence-electron chi connectivity index (χ4n) is 2.13. The molecule has 0 aromatic heterocycles. The molecule has 0 saturated heterocycles. The van der Waals surface area contributed by atoms with Gasteiger partial charge in [0.1, 0.15) is 0 Å². The van der Waals surface area contributed by atoms with Crippen LogP contribution in [-0.2, 0) is 9.59 Å². The summed E-state index contributed by atoms with van der Waals surface area (Å²) in [4.78, 5) is 23.0. The van der Waals surface area contributed by atoms with Crippen molar-refractivity contribution in [1.82, 2.24) is 5.32 Å². The number of hydrogen-bond acceptors (Lipinski definition) is 5. The average Bonchev–Trinajstić information content (AvgIpc) is 2.55. The molecule has 1 amide bonds. The fraction of sp³-hybridized carbons (Fsp3) is 0.471. The summed E-state index contributed by atoms with van der Waals surface area (Å²) in [5.41, 5.74) is 0.418. The van der Waals surface area contributed by atoms with Crippen molar-refractivity contribution in [3.63, 3.8) is 0 Å². The predicted octanol–water partition coefficient (Wildman–Crippen LogP) is 1.81. The largest absolute Gasteiger partial charge is 0.493 e. The fourth-order valence-corrected chi connectivity index (χ4v) is 2.13. The van der Waals surface area contributed by atoms with E-state index >= 15 is 0 Å². The van der Waals surface area contributed by atoms with Crippen molar-refractivity contribution in [2.24, 2.45) is 11.8 Å². The first-order chi connectivity index (χ1) is 11.4. The smallest absolute Gasteiger partial charge is 0.308 e. The first-order valence-corrected chi connectivity index (χ1v) is 7.57. The topological polar surface area (TPSA) is 109 Å². The van der Waals surface area contributed by atoms with E-state index < -0.39 is 17.8 Å². The Bertz CT molecular complexity index is 622. The van der Waals surface area contributed by atoms with Gasteiger partial charge in [-0.1, -0.05) is 13.8 Å². The highest BCUT2D eigenvalue weighted by atomic mass is 16.5. The molecule has 1 rings (SSSR count). The monoisotopic (exact) mass is 334 g/mol. The molecule has 1 aromatic rings. The third-order valence-corrected chi connectivity index (χ3v) is 3.30. The number of carboxylic acid groups (broad SMARTS) is 1. The predicted molar refractivity (Wildman–Crippen MR) is 86.8 cm³/mol. The van der Waals surface area contributed by atoms with E-state index in [-0.39, 0.29) is 19.1 Å². The number of rotatable bonds is 9. The quantitative estimate of drug-likeness (QED) is 0.713. The van der Waals surface area contributed by atoms with Gasteiger partial charge in [0.2, 0.25) is 0 Å². The molecule has 130 valence electrons. The van der Waals surface area contributed by atoms with Crippen LogP contribution in [0, 0.1) is 23.2 Å². The number of carboxylic acids is 1. The highest BCUT2D eigenvalue weighted by molar-refractivity contribution is 5.78. The van der Waals surface area contributed by atoms with Crippen LogP contribution in [-0.4, -0.2) is 37.2 Å². The Morgan fingerprint density at radius 2 is 2.04 bits per heavy atom. The van der Waals surface area contributed by atoms with Gasteiger partial charge in [0, 0.05) is 12.6 Å². The zero-order chi connectivity index (χ0) is 18.1. The lowest BCUT2D eigenvalue weighted by atomic mass is 9.97. The van der Waals surface area contributed by atoms with E-state index in [1.165, 1.54) is 13.2 Å². The summed E-state index contributed by atoms with van der Waals surface area (Å²) >= 11 is 0. The van der Waals surface area contributed by atoms with Crippen LogP contribution < -0.4 is 14.8 Å². The van der Waals surface area contributed by atoms with E-state index in [1.807, 2.05) is 19.9 Å². The van der Waals surface area contributed by atoms with Gasteiger partial charge in [-0.25, -0.2) is 0 Å². The van der Waals surface area contributed by atoms with Crippen LogP contribution in [0.4, 0.5) is 0 Å². The lowest BCUT2D eigenvalue weighted by Crippen LogP contribution is -2.36. The van der Waals surface area contributed by atoms with Gasteiger partial charge in [-0.3, -0.25) is 9.59 Å². The summed E-state index contributed by atoms with van der Waals surface area (Å²) in [5, 5.41) is 20.5. The van der Waals surface area contributed by atoms with Crippen LogP contribution in [0.1, 0.15) is 25.8 Å². The molecule has 0 heterocycles. The second-order valence-electron chi connectivity index (χ2n) is 5.73. The number of amides is 1. The molecule has 0 aliphatic rings. The number of nitriles is 1. The number of benzene rings is 1. The maximum absolute atomic E-state index is 11.8. The van der Waals surface area contributed by atoms with E-state index in [0.29, 0.717) is 23.5 Å². The SMILES string of the molecule is COc1cc(C#N)ccc1OCC(=O)NCC(CC(C)C)C(=O)O. The lowest BCUT2D eigenvalue weighted by molar-refractivity contribution is -0.142. The second-order valence-corrected chi connectivity index (χ2v) is 5.73. The van der Waals surface area contributed by atoms with Crippen molar-refractivity contribution >= 4 is 11.9 Å². The zero-order valence-electron chi connectivity index (χ0n) is 14.0. The Morgan fingerprint density at radius 1 is 1.33 bits per heavy atom. The van der Waals surface area contributed by atoms with Crippen molar-refractivity contribution < 1.29 is 24.2 Å². The molecule has 7 heteroatoms. The summed E-state index contributed by atoms with van der Waals surface area (Å²) in [6, 6.07) is 6.59. The number of nitrogens with one attached hydrogen (secondary N) is 1. The standard InChI is InChI=1S/C17H22N2O5/c1-11(2)6-13(17(21)22)9-19-16(20)10-24-14-5-4-12(8-18)7-15(14)23-3/h4-5,7,11,13H,6,9-10H2,1-3H3,(H,19,20)(H,21,22). The van der Waals surface area contributed by atoms with E-state index in [9.17, 15) is 9.59 Å². The first kappa shape index (κ1) is 19.3. The summed E-state index contributed by atoms with van der Waals surface area (Å²) < 4.78 is 10.5. The summed E-state index contributed by atoms with van der Waals surface area (Å²) in [6.07, 6.45) is 0.486. The van der Waals surface area contributed by atoms with Gasteiger partial charge in [0.25, 0.3) is 5.91 Å². The normalized spacial score (nSPS) is 11.5. The molecule has 0 radical (unpaired) electrons. The molecule has 1 unspecified atom stereocenters. The summed E-state index contributed by atoms with van der Waals surface area (Å²) in [6.45, 7) is 3.65. The van der Waals surface area contributed by atoms with Gasteiger partial charge in [-0.2, -0.15) is 5.26 Å². The Labute approximate surface area is 141 Å². The molecule has 1 aromatic carbocycles. The molecule has 0 fully saturated rings. The van der Waals surface area contributed by atoms with Crippen molar-refractivity contribution in [2.75, 3.05) is 20.3 Å². The van der Waals surface area contributed by atoms with E-state index in [1.54, 1.807) is 12.1 Å². The third kappa shape index (κ3) is 6.16. The van der Waals surface area contributed by atoms with Crippen LogP contribution >= 0.6 is 0 Å². The van der Waals surface area contributed by atoms with Crippen LogP contribution in [0.2, 0.25) is 0 Å². The van der Waals surface area contributed by atoms with Crippen molar-refractivity contribution in [3.8, 4) is 17.6 Å². The molecule has 0 aliphatic carbocycles. The molecular weight excluding hydrogens is 312 g/mol. The minimum atomic E-state index is -0.932. The molecule has 0 aliphatic heterocycles. The van der Waals surface area contributed by atoms with Crippen molar-refractivity contribution in [1.29, 1.82) is 5.26 Å². The number of carbonyl (C=O) groups excluding carboxylic acids is 1. The van der Waals surface area contributed by atoms with Gasteiger partial charge < -0.3 is 19.9 Å². The molecule has 1 atom stereocenters. The molecule has 7 nitrogen and oxygen atoms in total. The van der Waals surface area contributed by atoms with Gasteiger partial charge in [-0.15, -0.1) is 0 Å². The van der Waals surface area contributed by atoms with Crippen LogP contribution in [0.5, 0.6) is 11.5 Å². The highest BCUT2D eigenvalue weighted by Gasteiger charge is 2.19. The lowest BCUT2D eigenvalue weighted by Gasteiger charge is -2.16. The number of methoxy groups -OCH3 is 1. The Morgan fingerprint density at radius 3 is 2.58 bits per heavy atom. The highest BCUT2D eigenvalue weighted by Crippen LogP contribution is 2.27. The Kier molecular flexibility index (Phi) is 7.56. The number of hydrogen-bond donors (Lipinski definition) is 2. The zero-order valence-corrected chi connectivity index (χ0v) is 14.0. The molecule has 0 saturated carbocycles. The average molecular weight is 334 g/mol. The van der Waals surface area contributed by atoms with Crippen LogP contribution in [0.15, 0.2) is 18.2 Å². The van der Waals surface area contributed by atoms with E-state index in [4.69, 9.17) is 19.8 Å². The number of aliphatic carboxylic acids is 1. The van der Waals surface area contributed by atoms with Crippen LogP contribution in [0.3, 0.4) is 0 Å². The number of nitrogens with zero attached hydrogens (tertiary/aromatic N) is 1. The molecule has 2 N–H and O–H groups in total. The maximum Gasteiger partial charge on any atom is 0.308 e.